The number of ether oxygens (including phenoxy) is 1. The molecule has 2 rings (SSSR count). The largest absolute Gasteiger partial charge is 0.455 e. The van der Waals surface area contributed by atoms with Crippen molar-refractivity contribution in [3.8, 4) is 0 Å². The van der Waals surface area contributed by atoms with Crippen LogP contribution in [0.15, 0.2) is 48.5 Å². The van der Waals surface area contributed by atoms with Gasteiger partial charge in [-0.25, -0.2) is 4.79 Å². The molecule has 110 valence electrons. The van der Waals surface area contributed by atoms with Gasteiger partial charge in [-0.15, -0.1) is 0 Å². The van der Waals surface area contributed by atoms with Crippen LogP contribution in [0.3, 0.4) is 0 Å². The third-order valence-electron chi connectivity index (χ3n) is 3.18. The van der Waals surface area contributed by atoms with Crippen LogP contribution < -0.4 is 5.73 Å². The molecule has 0 fully saturated rings. The molecule has 2 aromatic rings. The molecule has 0 saturated heterocycles. The highest BCUT2D eigenvalue weighted by molar-refractivity contribution is 5.92. The quantitative estimate of drug-likeness (QED) is 0.692. The minimum Gasteiger partial charge on any atom is -0.455 e. The predicted molar refractivity (Wildman–Crippen MR) is 76.2 cm³/mol. The fraction of sp³-hybridized carbons (Fsp3) is 0.188. The van der Waals surface area contributed by atoms with E-state index >= 15 is 0 Å². The Morgan fingerprint density at radius 1 is 1.14 bits per heavy atom. The number of hydrogen-bond acceptors (Lipinski definition) is 3. The minimum absolute atomic E-state index is 0.193. The van der Waals surface area contributed by atoms with Crippen molar-refractivity contribution in [2.75, 3.05) is 12.3 Å². The molecule has 3 nitrogen and oxygen atoms in total. The molecular weight excluding hydrogens is 276 g/mol. The average molecular weight is 291 g/mol. The molecule has 0 aliphatic carbocycles. The second kappa shape index (κ2) is 5.91. The summed E-state index contributed by atoms with van der Waals surface area (Å²) in [6, 6.07) is 11.9. The van der Waals surface area contributed by atoms with Gasteiger partial charge in [0.15, 0.2) is 6.61 Å². The second-order valence-electron chi connectivity index (χ2n) is 4.67. The summed E-state index contributed by atoms with van der Waals surface area (Å²) in [5.41, 5.74) is 6.61. The van der Waals surface area contributed by atoms with Crippen molar-refractivity contribution in [3.05, 3.63) is 65.2 Å². The molecule has 21 heavy (non-hydrogen) atoms. The van der Waals surface area contributed by atoms with E-state index in [0.717, 1.165) is 0 Å². The van der Waals surface area contributed by atoms with E-state index < -0.39 is 18.5 Å². The normalized spacial score (nSPS) is 11.2. The molecule has 0 unspecified atom stereocenters. The Morgan fingerprint density at radius 2 is 1.81 bits per heavy atom. The number of nitrogen functional groups attached to an aromatic ring is 1. The highest BCUT2D eigenvalue weighted by Crippen LogP contribution is 2.28. The predicted octanol–water partition coefficient (Wildman–Crippen LogP) is 3.53. The fourth-order valence-electron chi connectivity index (χ4n) is 1.87. The van der Waals surface area contributed by atoms with Gasteiger partial charge in [0.2, 0.25) is 0 Å². The Bertz CT molecular complexity index is 642. The lowest BCUT2D eigenvalue weighted by Crippen LogP contribution is -2.23. The monoisotopic (exact) mass is 291 g/mol. The summed E-state index contributed by atoms with van der Waals surface area (Å²) < 4.78 is 32.6. The number of carbonyl (C=O) groups is 1. The molecule has 0 amide bonds. The fourth-order valence-corrected chi connectivity index (χ4v) is 1.87. The maximum absolute atomic E-state index is 13.9. The number of rotatable bonds is 4. The molecule has 0 radical (unpaired) electrons. The molecule has 2 aromatic carbocycles. The highest BCUT2D eigenvalue weighted by atomic mass is 19.3. The summed E-state index contributed by atoms with van der Waals surface area (Å²) in [4.78, 5) is 11.9. The van der Waals surface area contributed by atoms with Crippen LogP contribution in [-0.4, -0.2) is 12.6 Å². The maximum atomic E-state index is 13.9. The SMILES string of the molecule is Cc1c(N)cccc1C(=O)OCC(F)(F)c1ccccc1. The summed E-state index contributed by atoms with van der Waals surface area (Å²) >= 11 is 0. The molecule has 0 aliphatic heterocycles. The lowest BCUT2D eigenvalue weighted by atomic mass is 10.1. The van der Waals surface area contributed by atoms with Crippen LogP contribution in [0.2, 0.25) is 0 Å². The van der Waals surface area contributed by atoms with Gasteiger partial charge >= 0.3 is 11.9 Å². The van der Waals surface area contributed by atoms with Gasteiger partial charge in [0.1, 0.15) is 0 Å². The van der Waals surface area contributed by atoms with E-state index in [9.17, 15) is 13.6 Å². The van der Waals surface area contributed by atoms with Gasteiger partial charge in [-0.3, -0.25) is 0 Å². The lowest BCUT2D eigenvalue weighted by molar-refractivity contribution is -0.0661. The molecule has 0 bridgehead atoms. The van der Waals surface area contributed by atoms with Gasteiger partial charge in [-0.1, -0.05) is 36.4 Å². The molecule has 0 saturated carbocycles. The van der Waals surface area contributed by atoms with E-state index in [0.29, 0.717) is 11.3 Å². The molecule has 2 N–H and O–H groups in total. The van der Waals surface area contributed by atoms with Crippen molar-refractivity contribution in [1.82, 2.24) is 0 Å². The van der Waals surface area contributed by atoms with Crippen LogP contribution in [0.25, 0.3) is 0 Å². The molecule has 0 spiro atoms. The van der Waals surface area contributed by atoms with Gasteiger partial charge in [-0.05, 0) is 24.6 Å². The van der Waals surface area contributed by atoms with E-state index in [-0.39, 0.29) is 11.1 Å². The first-order valence-corrected chi connectivity index (χ1v) is 6.37. The second-order valence-corrected chi connectivity index (χ2v) is 4.67. The van der Waals surface area contributed by atoms with Crippen LogP contribution in [0.4, 0.5) is 14.5 Å². The zero-order valence-electron chi connectivity index (χ0n) is 11.5. The number of benzene rings is 2. The Hall–Kier alpha value is -2.43. The first kappa shape index (κ1) is 15.0. The van der Waals surface area contributed by atoms with Crippen LogP contribution >= 0.6 is 0 Å². The van der Waals surface area contributed by atoms with Gasteiger partial charge in [0, 0.05) is 11.3 Å². The van der Waals surface area contributed by atoms with Crippen LogP contribution in [-0.2, 0) is 10.7 Å². The third-order valence-corrected chi connectivity index (χ3v) is 3.18. The molecular formula is C16H15F2NO2. The first-order valence-electron chi connectivity index (χ1n) is 6.37. The van der Waals surface area contributed by atoms with E-state index in [4.69, 9.17) is 10.5 Å². The van der Waals surface area contributed by atoms with Crippen molar-refractivity contribution in [2.45, 2.75) is 12.8 Å². The van der Waals surface area contributed by atoms with Gasteiger partial charge in [0.05, 0.1) is 5.56 Å². The van der Waals surface area contributed by atoms with Crippen molar-refractivity contribution >= 4 is 11.7 Å². The van der Waals surface area contributed by atoms with Crippen molar-refractivity contribution in [2.24, 2.45) is 0 Å². The number of halogens is 2. The number of carbonyl (C=O) groups excluding carboxylic acids is 1. The van der Waals surface area contributed by atoms with Gasteiger partial charge in [0.25, 0.3) is 0 Å². The average Bonchev–Trinajstić information content (AvgIpc) is 2.49. The standard InChI is InChI=1S/C16H15F2NO2/c1-11-13(8-5-9-14(11)19)15(20)21-10-16(17,18)12-6-3-2-4-7-12/h2-9H,10,19H2,1H3. The molecule has 0 aromatic heterocycles. The number of alkyl halides is 2. The Kier molecular flexibility index (Phi) is 4.21. The van der Waals surface area contributed by atoms with Gasteiger partial charge < -0.3 is 10.5 Å². The van der Waals surface area contributed by atoms with E-state index in [1.807, 2.05) is 0 Å². The molecule has 0 heterocycles. The Labute approximate surface area is 121 Å². The smallest absolute Gasteiger partial charge is 0.338 e. The van der Waals surface area contributed by atoms with Crippen molar-refractivity contribution in [1.29, 1.82) is 0 Å². The molecule has 5 heteroatoms. The number of nitrogens with two attached hydrogens (primary N) is 1. The van der Waals surface area contributed by atoms with E-state index in [1.54, 1.807) is 25.1 Å². The third kappa shape index (κ3) is 3.37. The summed E-state index contributed by atoms with van der Waals surface area (Å²) in [7, 11) is 0. The zero-order valence-corrected chi connectivity index (χ0v) is 11.5. The first-order chi connectivity index (χ1) is 9.92. The number of anilines is 1. The van der Waals surface area contributed by atoms with Crippen LogP contribution in [0.1, 0.15) is 21.5 Å². The van der Waals surface area contributed by atoms with Crippen molar-refractivity contribution < 1.29 is 18.3 Å². The van der Waals surface area contributed by atoms with Crippen LogP contribution in [0, 0.1) is 6.92 Å². The van der Waals surface area contributed by atoms with Crippen LogP contribution in [0.5, 0.6) is 0 Å². The number of hydrogen-bond donors (Lipinski definition) is 1. The summed E-state index contributed by atoms with van der Waals surface area (Å²) in [6.07, 6.45) is 0. The maximum Gasteiger partial charge on any atom is 0.338 e. The van der Waals surface area contributed by atoms with Crippen molar-refractivity contribution in [3.63, 3.8) is 0 Å². The summed E-state index contributed by atoms with van der Waals surface area (Å²) in [5.74, 6) is -4.04. The Morgan fingerprint density at radius 3 is 2.48 bits per heavy atom. The van der Waals surface area contributed by atoms with E-state index in [2.05, 4.69) is 0 Å². The van der Waals surface area contributed by atoms with Gasteiger partial charge in [-0.2, -0.15) is 8.78 Å². The summed E-state index contributed by atoms with van der Waals surface area (Å²) in [6.45, 7) is 0.630. The molecule has 0 aliphatic rings. The highest BCUT2D eigenvalue weighted by Gasteiger charge is 2.33. The summed E-state index contributed by atoms with van der Waals surface area (Å²) in [5, 5.41) is 0. The zero-order chi connectivity index (χ0) is 15.5. The Balaban J connectivity index is 2.09. The van der Waals surface area contributed by atoms with E-state index in [1.165, 1.54) is 30.3 Å². The number of esters is 1. The lowest BCUT2D eigenvalue weighted by Gasteiger charge is -2.17. The molecule has 0 atom stereocenters. The topological polar surface area (TPSA) is 52.3 Å². The minimum atomic E-state index is -3.23.